The number of nitrogens with zero attached hydrogens (tertiary/aromatic N) is 2. The number of pyridine rings is 2. The third-order valence-corrected chi connectivity index (χ3v) is 19.5. The fraction of sp³-hybridized carbons (Fsp3) is 0.154. The first-order valence-corrected chi connectivity index (χ1v) is 30.1. The molecule has 0 unspecified atom stereocenters. The Kier molecular flexibility index (Phi) is 12.0. The third kappa shape index (κ3) is 8.24. The number of hydrogen-bond acceptors (Lipinski definition) is 4. The number of rotatable bonds is 2. The maximum absolute atomic E-state index is 6.39. The zero-order chi connectivity index (χ0) is 57.4. The van der Waals surface area contributed by atoms with E-state index in [1.54, 1.807) is 0 Å². The summed E-state index contributed by atoms with van der Waals surface area (Å²) in [5, 5.41) is 18.2. The van der Waals surface area contributed by atoms with Crippen LogP contribution in [0.5, 0.6) is 0 Å². The Morgan fingerprint density at radius 3 is 1.17 bits per heavy atom. The molecule has 0 atom stereocenters. The lowest BCUT2D eigenvalue weighted by atomic mass is 9.74. The number of para-hydroxylation sites is 2. The van der Waals surface area contributed by atoms with Gasteiger partial charge in [-0.15, -0.1) is 0 Å². The highest BCUT2D eigenvalue weighted by Gasteiger charge is 2.52. The second-order valence-corrected chi connectivity index (χ2v) is 26.0. The zero-order valence-corrected chi connectivity index (χ0v) is 50.2. The number of hydrogen-bond donors (Lipinski definition) is 0. The largest absolute Gasteiger partial charge is 0.494 e. The van der Waals surface area contributed by atoms with Crippen LogP contribution in [-0.2, 0) is 20.1 Å². The van der Waals surface area contributed by atoms with Crippen molar-refractivity contribution in [2.24, 2.45) is 0 Å². The number of aromatic nitrogens is 2. The first-order chi connectivity index (χ1) is 40.5. The van der Waals surface area contributed by atoms with Crippen LogP contribution in [0.25, 0.3) is 120 Å². The Morgan fingerprint density at radius 2 is 0.690 bits per heavy atom. The molecule has 1 saturated heterocycles. The van der Waals surface area contributed by atoms with E-state index in [9.17, 15) is 0 Å². The van der Waals surface area contributed by atoms with E-state index in [-0.39, 0.29) is 29.2 Å². The standard InChI is InChI=1S/C36H25N.C33H31BO2.C9H6BrN/c1-36(2)32-19-23(35-18-16-22-9-3-8-14-34(22)37-35)15-17-28(32)31-20-29-26-12-6-4-10-24(26)25-11-5-7-13-27(25)30(29)21-33(31)36;1-31(2)29-17-20(34-35-32(3,4)33(5,6)36-34)15-16-25(29)28-18-26-23-13-9-7-11-21(23)22-12-8-10-14-24(22)27(26)19-30(28)31;10-9-6-5-7-3-1-2-4-8(7)11-9/h3-21H,1-2H3;7-19H,1-6H3;1-6H. The van der Waals surface area contributed by atoms with E-state index in [4.69, 9.17) is 14.3 Å². The highest BCUT2D eigenvalue weighted by Crippen LogP contribution is 2.54. The van der Waals surface area contributed by atoms with Crippen molar-refractivity contribution < 1.29 is 9.31 Å². The van der Waals surface area contributed by atoms with Crippen molar-refractivity contribution in [3.8, 4) is 33.5 Å². The molecule has 4 nitrogen and oxygen atoms in total. The van der Waals surface area contributed by atoms with Gasteiger partial charge in [-0.1, -0.05) is 204 Å². The zero-order valence-electron chi connectivity index (χ0n) is 48.6. The molecule has 0 N–H and O–H groups in total. The average Bonchev–Trinajstić information content (AvgIpc) is 1.94. The van der Waals surface area contributed by atoms with Crippen molar-refractivity contribution in [2.45, 2.75) is 77.4 Å². The first kappa shape index (κ1) is 52.3. The molecule has 0 amide bonds. The molecule has 0 radical (unpaired) electrons. The van der Waals surface area contributed by atoms with Crippen molar-refractivity contribution in [2.75, 3.05) is 0 Å². The molecule has 3 heterocycles. The fourth-order valence-electron chi connectivity index (χ4n) is 13.8. The minimum absolute atomic E-state index is 0.0987. The van der Waals surface area contributed by atoms with Crippen molar-refractivity contribution >= 4 is 115 Å². The molecule has 1 fully saturated rings. The molecule has 84 heavy (non-hydrogen) atoms. The van der Waals surface area contributed by atoms with Crippen LogP contribution >= 0.6 is 15.9 Å². The first-order valence-electron chi connectivity index (χ1n) is 29.3. The highest BCUT2D eigenvalue weighted by atomic mass is 79.9. The lowest BCUT2D eigenvalue weighted by Gasteiger charge is -2.32. The van der Waals surface area contributed by atoms with Crippen molar-refractivity contribution in [1.82, 2.24) is 9.97 Å². The van der Waals surface area contributed by atoms with Gasteiger partial charge >= 0.3 is 7.12 Å². The van der Waals surface area contributed by atoms with Gasteiger partial charge in [0.2, 0.25) is 0 Å². The second kappa shape index (κ2) is 19.3. The van der Waals surface area contributed by atoms with Gasteiger partial charge in [-0.05, 0) is 213 Å². The highest BCUT2D eigenvalue weighted by molar-refractivity contribution is 9.10. The summed E-state index contributed by atoms with van der Waals surface area (Å²) < 4.78 is 13.7. The molecule has 2 aliphatic carbocycles. The second-order valence-electron chi connectivity index (χ2n) is 25.2. The number of fused-ring (bicyclic) bond motifs is 20. The Hall–Kier alpha value is -8.52. The lowest BCUT2D eigenvalue weighted by molar-refractivity contribution is 0.00578. The molecule has 12 aromatic carbocycles. The van der Waals surface area contributed by atoms with Gasteiger partial charge in [0.15, 0.2) is 0 Å². The summed E-state index contributed by atoms with van der Waals surface area (Å²) in [7, 11) is -0.355. The van der Waals surface area contributed by atoms with Crippen LogP contribution < -0.4 is 5.46 Å². The van der Waals surface area contributed by atoms with Gasteiger partial charge in [-0.3, -0.25) is 0 Å². The smallest absolute Gasteiger partial charge is 0.399 e. The Labute approximate surface area is 499 Å². The van der Waals surface area contributed by atoms with Crippen LogP contribution in [0.3, 0.4) is 0 Å². The van der Waals surface area contributed by atoms with Gasteiger partial charge in [-0.25, -0.2) is 9.97 Å². The maximum atomic E-state index is 6.39. The molecular weight excluding hydrogens is 1090 g/mol. The fourth-order valence-corrected chi connectivity index (χ4v) is 14.2. The quantitative estimate of drug-likeness (QED) is 0.0983. The van der Waals surface area contributed by atoms with Gasteiger partial charge in [0.25, 0.3) is 0 Å². The van der Waals surface area contributed by atoms with Gasteiger partial charge in [0.05, 0.1) is 27.9 Å². The molecule has 2 aromatic heterocycles. The third-order valence-electron chi connectivity index (χ3n) is 19.1. The van der Waals surface area contributed by atoms with Crippen LogP contribution in [0.2, 0.25) is 0 Å². The topological polar surface area (TPSA) is 44.2 Å². The summed E-state index contributed by atoms with van der Waals surface area (Å²) >= 11 is 3.32. The summed E-state index contributed by atoms with van der Waals surface area (Å²) in [6.45, 7) is 17.9. The molecule has 0 spiro atoms. The van der Waals surface area contributed by atoms with E-state index in [1.807, 2.05) is 30.3 Å². The normalized spacial score (nSPS) is 15.7. The predicted molar refractivity (Wildman–Crippen MR) is 359 cm³/mol. The van der Waals surface area contributed by atoms with Crippen LogP contribution in [0, 0.1) is 0 Å². The Bertz CT molecular complexity index is 5060. The van der Waals surface area contributed by atoms with Crippen LogP contribution in [-0.4, -0.2) is 28.3 Å². The molecule has 3 aliphatic rings. The van der Waals surface area contributed by atoms with Crippen LogP contribution in [0.1, 0.15) is 77.6 Å². The summed E-state index contributed by atoms with van der Waals surface area (Å²) in [4.78, 5) is 9.27. The Morgan fingerprint density at radius 1 is 0.321 bits per heavy atom. The van der Waals surface area contributed by atoms with E-state index < -0.39 is 0 Å². The average molecular weight is 1150 g/mol. The molecular formula is C78H62BBrN2O2. The maximum Gasteiger partial charge on any atom is 0.494 e. The van der Waals surface area contributed by atoms with Crippen LogP contribution in [0.4, 0.5) is 0 Å². The van der Waals surface area contributed by atoms with E-state index in [0.717, 1.165) is 26.8 Å². The molecule has 17 rings (SSSR count). The minimum atomic E-state index is -0.355. The lowest BCUT2D eigenvalue weighted by Crippen LogP contribution is -2.41. The summed E-state index contributed by atoms with van der Waals surface area (Å²) in [5.74, 6) is 0. The minimum Gasteiger partial charge on any atom is -0.399 e. The number of benzene rings is 12. The monoisotopic (exact) mass is 1150 g/mol. The van der Waals surface area contributed by atoms with Gasteiger partial charge in [0, 0.05) is 27.2 Å². The molecule has 406 valence electrons. The number of halogens is 1. The summed E-state index contributed by atoms with van der Waals surface area (Å²) in [5.41, 5.74) is 15.3. The van der Waals surface area contributed by atoms with E-state index in [1.165, 1.54) is 125 Å². The van der Waals surface area contributed by atoms with E-state index in [0.29, 0.717) is 0 Å². The summed E-state index contributed by atoms with van der Waals surface area (Å²) in [6.07, 6.45) is 0. The summed E-state index contributed by atoms with van der Waals surface area (Å²) in [6, 6.07) is 83.5. The Balaban J connectivity index is 0.000000121. The molecule has 0 bridgehead atoms. The molecule has 14 aromatic rings. The van der Waals surface area contributed by atoms with E-state index in [2.05, 4.69) is 276 Å². The van der Waals surface area contributed by atoms with Crippen LogP contribution in [0.15, 0.2) is 235 Å². The van der Waals surface area contributed by atoms with E-state index >= 15 is 0 Å². The van der Waals surface area contributed by atoms with Gasteiger partial charge in [-0.2, -0.15) is 0 Å². The molecule has 6 heteroatoms. The van der Waals surface area contributed by atoms with Gasteiger partial charge < -0.3 is 9.31 Å². The van der Waals surface area contributed by atoms with Gasteiger partial charge in [0.1, 0.15) is 4.60 Å². The SMILES string of the molecule is Brc1ccc2ccccc2n1.CC1(C)c2cc(-c3ccc4ccccc4n3)ccc2-c2cc3c4ccccc4c4ccccc4c3cc21.CC1(C)c2cc(B3OC(C)(C)C(C)(C)O3)ccc2-c2cc3c4ccccc4c4ccccc4c3cc21. The van der Waals surface area contributed by atoms with Crippen molar-refractivity contribution in [1.29, 1.82) is 0 Å². The predicted octanol–water partition coefficient (Wildman–Crippen LogP) is 20.4. The molecule has 0 saturated carbocycles. The van der Waals surface area contributed by atoms with Crippen molar-refractivity contribution in [3.05, 3.63) is 257 Å². The molecule has 1 aliphatic heterocycles. The van der Waals surface area contributed by atoms with Crippen molar-refractivity contribution in [3.63, 3.8) is 0 Å².